The van der Waals surface area contributed by atoms with Crippen molar-refractivity contribution in [3.63, 3.8) is 0 Å². The van der Waals surface area contributed by atoms with Gasteiger partial charge in [0.05, 0.1) is 30.0 Å². The van der Waals surface area contributed by atoms with E-state index in [1.807, 2.05) is 20.2 Å². The van der Waals surface area contributed by atoms with Gasteiger partial charge in [0.25, 0.3) is 0 Å². The summed E-state index contributed by atoms with van der Waals surface area (Å²) in [5.41, 5.74) is 4.09. The molecule has 1 aliphatic rings. The number of hydrogen-bond donors (Lipinski definition) is 2. The lowest BCUT2D eigenvalue weighted by atomic mass is 10.1. The number of carbonyl (C=O) groups excluding carboxylic acids is 1. The molecule has 1 aliphatic heterocycles. The normalized spacial score (nSPS) is 14.2. The van der Waals surface area contributed by atoms with Crippen molar-refractivity contribution in [2.45, 2.75) is 26.4 Å². The molecule has 0 aromatic carbocycles. The van der Waals surface area contributed by atoms with Crippen molar-refractivity contribution in [2.75, 3.05) is 6.54 Å². The average Bonchev–Trinajstić information content (AvgIpc) is 3.01. The van der Waals surface area contributed by atoms with Crippen LogP contribution in [0, 0.1) is 6.92 Å². The lowest BCUT2D eigenvalue weighted by Crippen LogP contribution is -2.42. The van der Waals surface area contributed by atoms with Crippen LogP contribution in [0.4, 0.5) is 4.79 Å². The lowest BCUT2D eigenvalue weighted by Gasteiger charge is -2.26. The number of aromatic amines is 1. The monoisotopic (exact) mass is 274 g/mol. The number of H-pyrrole nitrogens is 1. The molecule has 20 heavy (non-hydrogen) atoms. The highest BCUT2D eigenvalue weighted by Crippen LogP contribution is 2.14. The molecule has 2 aromatic heterocycles. The number of carbonyl (C=O) groups is 1. The molecule has 0 saturated carbocycles. The molecule has 0 saturated heterocycles. The minimum absolute atomic E-state index is 0.0477. The Labute approximate surface area is 117 Å². The first-order valence-electron chi connectivity index (χ1n) is 6.66. The first-order valence-corrected chi connectivity index (χ1v) is 6.66. The molecule has 0 aliphatic carbocycles. The first-order chi connectivity index (χ1) is 9.63. The molecular weight excluding hydrogens is 256 g/mol. The van der Waals surface area contributed by atoms with Crippen molar-refractivity contribution >= 4 is 6.03 Å². The molecule has 2 amide bonds. The summed E-state index contributed by atoms with van der Waals surface area (Å²) in [7, 11) is 1.88. The van der Waals surface area contributed by atoms with Gasteiger partial charge in [0.1, 0.15) is 0 Å². The Morgan fingerprint density at radius 1 is 1.55 bits per heavy atom. The van der Waals surface area contributed by atoms with Gasteiger partial charge in [-0.2, -0.15) is 5.10 Å². The molecule has 106 valence electrons. The number of nitrogens with one attached hydrogen (secondary N) is 2. The maximum absolute atomic E-state index is 12.2. The standard InChI is InChI=1S/C13H18N6O/c1-9-10(6-18(2)17-9)5-14-13(20)19-4-3-11-12(7-19)16-8-15-11/h6,8H,3-5,7H2,1-2H3,(H,14,20)(H,15,16). The highest BCUT2D eigenvalue weighted by atomic mass is 16.2. The van der Waals surface area contributed by atoms with Crippen molar-refractivity contribution < 1.29 is 4.79 Å². The molecule has 0 atom stereocenters. The number of fused-ring (bicyclic) bond motifs is 1. The van der Waals surface area contributed by atoms with E-state index in [1.165, 1.54) is 0 Å². The Hall–Kier alpha value is -2.31. The van der Waals surface area contributed by atoms with Crippen molar-refractivity contribution in [1.29, 1.82) is 0 Å². The second-order valence-corrected chi connectivity index (χ2v) is 5.07. The van der Waals surface area contributed by atoms with Gasteiger partial charge >= 0.3 is 6.03 Å². The Morgan fingerprint density at radius 2 is 2.40 bits per heavy atom. The molecule has 7 nitrogen and oxygen atoms in total. The van der Waals surface area contributed by atoms with Crippen LogP contribution in [0.3, 0.4) is 0 Å². The number of nitrogens with zero attached hydrogens (tertiary/aromatic N) is 4. The summed E-state index contributed by atoms with van der Waals surface area (Å²) in [5.74, 6) is 0. The Bertz CT molecular complexity index is 629. The largest absolute Gasteiger partial charge is 0.347 e. The van der Waals surface area contributed by atoms with Gasteiger partial charge in [-0.3, -0.25) is 4.68 Å². The van der Waals surface area contributed by atoms with Crippen molar-refractivity contribution in [2.24, 2.45) is 7.05 Å². The molecule has 2 N–H and O–H groups in total. The first kappa shape index (κ1) is 12.7. The van der Waals surface area contributed by atoms with E-state index >= 15 is 0 Å². The van der Waals surface area contributed by atoms with E-state index in [9.17, 15) is 4.79 Å². The fourth-order valence-corrected chi connectivity index (χ4v) is 2.49. The number of imidazole rings is 1. The molecule has 0 spiro atoms. The van der Waals surface area contributed by atoms with Crippen molar-refractivity contribution in [3.8, 4) is 0 Å². The van der Waals surface area contributed by atoms with Crippen LogP contribution in [0.2, 0.25) is 0 Å². The second kappa shape index (κ2) is 4.99. The van der Waals surface area contributed by atoms with E-state index in [0.29, 0.717) is 19.6 Å². The molecule has 0 bridgehead atoms. The summed E-state index contributed by atoms with van der Waals surface area (Å²) in [6.07, 6.45) is 4.42. The van der Waals surface area contributed by atoms with Gasteiger partial charge in [0.2, 0.25) is 0 Å². The topological polar surface area (TPSA) is 78.8 Å². The minimum atomic E-state index is -0.0477. The predicted octanol–water partition coefficient (Wildman–Crippen LogP) is 0.720. The zero-order chi connectivity index (χ0) is 14.1. The van der Waals surface area contributed by atoms with Crippen molar-refractivity contribution in [3.05, 3.63) is 35.2 Å². The lowest BCUT2D eigenvalue weighted by molar-refractivity contribution is 0.191. The maximum atomic E-state index is 12.2. The smallest absolute Gasteiger partial charge is 0.318 e. The summed E-state index contributed by atoms with van der Waals surface area (Å²) >= 11 is 0. The number of rotatable bonds is 2. The quantitative estimate of drug-likeness (QED) is 0.847. The van der Waals surface area contributed by atoms with Crippen LogP contribution in [0.1, 0.15) is 22.6 Å². The highest BCUT2D eigenvalue weighted by Gasteiger charge is 2.22. The summed E-state index contributed by atoms with van der Waals surface area (Å²) in [4.78, 5) is 21.3. The van der Waals surface area contributed by atoms with E-state index in [-0.39, 0.29) is 6.03 Å². The average molecular weight is 274 g/mol. The minimum Gasteiger partial charge on any atom is -0.347 e. The van der Waals surface area contributed by atoms with Gasteiger partial charge in [0, 0.05) is 38.3 Å². The van der Waals surface area contributed by atoms with Crippen LogP contribution in [-0.2, 0) is 26.6 Å². The number of urea groups is 1. The van der Waals surface area contributed by atoms with Gasteiger partial charge in [-0.15, -0.1) is 0 Å². The summed E-state index contributed by atoms with van der Waals surface area (Å²) in [5, 5.41) is 7.21. The zero-order valence-corrected chi connectivity index (χ0v) is 11.7. The van der Waals surface area contributed by atoms with Crippen LogP contribution in [-0.4, -0.2) is 37.2 Å². The number of amides is 2. The maximum Gasteiger partial charge on any atom is 0.318 e. The summed E-state index contributed by atoms with van der Waals surface area (Å²) in [6.45, 7) is 3.74. The molecule has 3 heterocycles. The third kappa shape index (κ3) is 2.38. The molecule has 0 unspecified atom stereocenters. The van der Waals surface area contributed by atoms with E-state index in [1.54, 1.807) is 15.9 Å². The molecular formula is C13H18N6O. The number of aryl methyl sites for hydroxylation is 2. The van der Waals surface area contributed by atoms with Crippen molar-refractivity contribution in [1.82, 2.24) is 30.0 Å². The second-order valence-electron chi connectivity index (χ2n) is 5.07. The molecule has 3 rings (SSSR count). The van der Waals surface area contributed by atoms with Crippen LogP contribution in [0.25, 0.3) is 0 Å². The predicted molar refractivity (Wildman–Crippen MR) is 72.9 cm³/mol. The van der Waals surface area contributed by atoms with Gasteiger partial charge in [0.15, 0.2) is 0 Å². The number of hydrogen-bond acceptors (Lipinski definition) is 3. The van der Waals surface area contributed by atoms with E-state index < -0.39 is 0 Å². The Kier molecular flexibility index (Phi) is 3.17. The van der Waals surface area contributed by atoms with E-state index in [2.05, 4.69) is 20.4 Å². The third-order valence-electron chi connectivity index (χ3n) is 3.61. The molecule has 0 radical (unpaired) electrons. The van der Waals surface area contributed by atoms with Gasteiger partial charge in [-0.25, -0.2) is 9.78 Å². The van der Waals surface area contributed by atoms with Crippen LogP contribution in [0.5, 0.6) is 0 Å². The molecule has 7 heteroatoms. The highest BCUT2D eigenvalue weighted by molar-refractivity contribution is 5.74. The summed E-state index contributed by atoms with van der Waals surface area (Å²) in [6, 6.07) is -0.0477. The van der Waals surface area contributed by atoms with E-state index in [0.717, 1.165) is 29.1 Å². The Balaban J connectivity index is 1.59. The van der Waals surface area contributed by atoms with Crippen LogP contribution >= 0.6 is 0 Å². The fourth-order valence-electron chi connectivity index (χ4n) is 2.49. The third-order valence-corrected chi connectivity index (χ3v) is 3.61. The van der Waals surface area contributed by atoms with Crippen LogP contribution < -0.4 is 5.32 Å². The van der Waals surface area contributed by atoms with Gasteiger partial charge in [-0.1, -0.05) is 0 Å². The van der Waals surface area contributed by atoms with Gasteiger partial charge in [-0.05, 0) is 6.92 Å². The molecule has 2 aromatic rings. The summed E-state index contributed by atoms with van der Waals surface area (Å²) < 4.78 is 1.76. The van der Waals surface area contributed by atoms with Gasteiger partial charge < -0.3 is 15.2 Å². The zero-order valence-electron chi connectivity index (χ0n) is 11.7. The SMILES string of the molecule is Cc1nn(C)cc1CNC(=O)N1CCc2nc[nH]c2C1. The Morgan fingerprint density at radius 3 is 3.15 bits per heavy atom. The molecule has 0 fully saturated rings. The van der Waals surface area contributed by atoms with E-state index in [4.69, 9.17) is 0 Å². The number of aromatic nitrogens is 4. The van der Waals surface area contributed by atoms with Crippen LogP contribution in [0.15, 0.2) is 12.5 Å². The fraction of sp³-hybridized carbons (Fsp3) is 0.462.